The molecule has 7 nitrogen and oxygen atoms in total. The molecule has 2 aromatic rings. The van der Waals surface area contributed by atoms with Crippen molar-refractivity contribution in [1.82, 2.24) is 20.0 Å². The molecule has 0 aromatic carbocycles. The van der Waals surface area contributed by atoms with Crippen LogP contribution in [-0.4, -0.2) is 46.2 Å². The zero-order valence-corrected chi connectivity index (χ0v) is 14.9. The molecule has 0 amide bonds. The zero-order chi connectivity index (χ0) is 17.5. The van der Waals surface area contributed by atoms with E-state index in [0.717, 1.165) is 30.4 Å². The fourth-order valence-corrected chi connectivity index (χ4v) is 2.65. The third-order valence-corrected chi connectivity index (χ3v) is 4.46. The van der Waals surface area contributed by atoms with E-state index in [9.17, 15) is 4.79 Å². The minimum atomic E-state index is -0.100. The van der Waals surface area contributed by atoms with Crippen molar-refractivity contribution in [3.63, 3.8) is 0 Å². The molecule has 0 atom stereocenters. The van der Waals surface area contributed by atoms with Crippen LogP contribution in [0.3, 0.4) is 0 Å². The molecule has 0 unspecified atom stereocenters. The minimum absolute atomic E-state index is 0.0121. The summed E-state index contributed by atoms with van der Waals surface area (Å²) in [6.45, 7) is 8.12. The lowest BCUT2D eigenvalue weighted by Crippen LogP contribution is -2.59. The van der Waals surface area contributed by atoms with Gasteiger partial charge >= 0.3 is 0 Å². The highest BCUT2D eigenvalue weighted by atomic mass is 16.1. The van der Waals surface area contributed by atoms with Crippen LogP contribution in [0.5, 0.6) is 0 Å². The van der Waals surface area contributed by atoms with Crippen molar-refractivity contribution in [2.75, 3.05) is 29.9 Å². The summed E-state index contributed by atoms with van der Waals surface area (Å²) < 4.78 is 1.36. The smallest absolute Gasteiger partial charge is 0.266 e. The Morgan fingerprint density at radius 3 is 2.38 bits per heavy atom. The first-order valence-electron chi connectivity index (χ1n) is 8.12. The van der Waals surface area contributed by atoms with Crippen molar-refractivity contribution in [3.8, 4) is 0 Å². The molecule has 1 saturated heterocycles. The minimum Gasteiger partial charge on any atom is -0.352 e. The molecule has 7 heteroatoms. The van der Waals surface area contributed by atoms with Crippen LogP contribution in [0, 0.1) is 0 Å². The molecule has 0 spiro atoms. The summed E-state index contributed by atoms with van der Waals surface area (Å²) in [4.78, 5) is 15.7. The van der Waals surface area contributed by atoms with E-state index in [4.69, 9.17) is 0 Å². The number of hydrogen-bond donors (Lipinski definition) is 0. The van der Waals surface area contributed by atoms with Gasteiger partial charge in [-0.2, -0.15) is 10.2 Å². The van der Waals surface area contributed by atoms with Gasteiger partial charge in [-0.3, -0.25) is 4.79 Å². The van der Waals surface area contributed by atoms with Crippen LogP contribution < -0.4 is 15.4 Å². The first-order valence-corrected chi connectivity index (χ1v) is 8.12. The van der Waals surface area contributed by atoms with Crippen molar-refractivity contribution in [1.29, 1.82) is 0 Å². The normalized spacial score (nSPS) is 15.3. The van der Waals surface area contributed by atoms with Gasteiger partial charge in [0.05, 0.1) is 11.7 Å². The maximum absolute atomic E-state index is 11.4. The Balaban J connectivity index is 1.64. The van der Waals surface area contributed by atoms with Gasteiger partial charge in [0.2, 0.25) is 0 Å². The Morgan fingerprint density at radius 2 is 1.83 bits per heavy atom. The Bertz CT molecular complexity index is 771. The molecule has 24 heavy (non-hydrogen) atoms. The van der Waals surface area contributed by atoms with Crippen LogP contribution in [-0.2, 0) is 12.5 Å². The average molecular weight is 328 g/mol. The molecule has 0 saturated carbocycles. The molecule has 128 valence electrons. The van der Waals surface area contributed by atoms with E-state index < -0.39 is 0 Å². The van der Waals surface area contributed by atoms with Crippen LogP contribution in [0.15, 0.2) is 29.1 Å². The lowest BCUT2D eigenvalue weighted by Gasteiger charge is -2.44. The lowest BCUT2D eigenvalue weighted by molar-refractivity contribution is 0.481. The van der Waals surface area contributed by atoms with Crippen LogP contribution in [0.1, 0.15) is 26.5 Å². The molecule has 0 radical (unpaired) electrons. The Kier molecular flexibility index (Phi) is 4.03. The second-order valence-electron chi connectivity index (χ2n) is 7.35. The summed E-state index contributed by atoms with van der Waals surface area (Å²) in [6, 6.07) is 7.75. The number of likely N-dealkylation sites (N-methyl/N-ethyl adjacent to an activating group) is 1. The Hall–Kier alpha value is -2.44. The number of hydrogen-bond acceptors (Lipinski definition) is 6. The van der Waals surface area contributed by atoms with E-state index in [1.807, 2.05) is 19.2 Å². The van der Waals surface area contributed by atoms with Crippen LogP contribution in [0.2, 0.25) is 0 Å². The van der Waals surface area contributed by atoms with E-state index in [2.05, 4.69) is 45.9 Å². The molecule has 2 aromatic heterocycles. The van der Waals surface area contributed by atoms with Gasteiger partial charge in [-0.05, 0) is 18.2 Å². The predicted octanol–water partition coefficient (Wildman–Crippen LogP) is 1.19. The highest BCUT2D eigenvalue weighted by molar-refractivity contribution is 5.47. The van der Waals surface area contributed by atoms with Gasteiger partial charge in [-0.25, -0.2) is 4.68 Å². The summed E-state index contributed by atoms with van der Waals surface area (Å²) in [5.74, 6) is 1.71. The van der Waals surface area contributed by atoms with Gasteiger partial charge in [-0.1, -0.05) is 20.8 Å². The highest BCUT2D eigenvalue weighted by Gasteiger charge is 2.32. The first-order chi connectivity index (χ1) is 11.3. The van der Waals surface area contributed by atoms with E-state index in [-0.39, 0.29) is 11.0 Å². The summed E-state index contributed by atoms with van der Waals surface area (Å²) >= 11 is 0. The molecule has 3 rings (SSSR count). The van der Waals surface area contributed by atoms with E-state index in [1.54, 1.807) is 19.2 Å². The van der Waals surface area contributed by atoms with Crippen molar-refractivity contribution < 1.29 is 0 Å². The summed E-state index contributed by atoms with van der Waals surface area (Å²) in [5.41, 5.74) is 0.907. The van der Waals surface area contributed by atoms with Crippen LogP contribution in [0.25, 0.3) is 0 Å². The third-order valence-electron chi connectivity index (χ3n) is 4.46. The standard InChI is InChI=1S/C17H24N6O/c1-17(2,3)13-6-7-14(19-18-13)23-10-12(11-23)21(4)15-8-9-16(24)22(5)20-15/h6-9,12H,10-11H2,1-5H3. The second-order valence-corrected chi connectivity index (χ2v) is 7.35. The van der Waals surface area contributed by atoms with Gasteiger partial charge in [0, 0.05) is 38.7 Å². The van der Waals surface area contributed by atoms with E-state index >= 15 is 0 Å². The van der Waals surface area contributed by atoms with Crippen molar-refractivity contribution >= 4 is 11.6 Å². The summed E-state index contributed by atoms with van der Waals surface area (Å²) in [6.07, 6.45) is 0. The molecular formula is C17H24N6O. The highest BCUT2D eigenvalue weighted by Crippen LogP contribution is 2.25. The molecular weight excluding hydrogens is 304 g/mol. The maximum Gasteiger partial charge on any atom is 0.266 e. The van der Waals surface area contributed by atoms with Gasteiger partial charge in [0.1, 0.15) is 5.82 Å². The fourth-order valence-electron chi connectivity index (χ4n) is 2.65. The maximum atomic E-state index is 11.4. The molecule has 3 heterocycles. The predicted molar refractivity (Wildman–Crippen MR) is 94.6 cm³/mol. The van der Waals surface area contributed by atoms with Crippen LogP contribution >= 0.6 is 0 Å². The molecule has 1 aliphatic heterocycles. The van der Waals surface area contributed by atoms with Gasteiger partial charge < -0.3 is 9.80 Å². The number of rotatable bonds is 3. The summed E-state index contributed by atoms with van der Waals surface area (Å²) in [5, 5.41) is 13.0. The van der Waals surface area contributed by atoms with E-state index in [1.165, 1.54) is 4.68 Å². The van der Waals surface area contributed by atoms with Gasteiger partial charge in [0.15, 0.2) is 5.82 Å². The number of aryl methyl sites for hydroxylation is 1. The number of nitrogens with zero attached hydrogens (tertiary/aromatic N) is 6. The third kappa shape index (κ3) is 3.11. The van der Waals surface area contributed by atoms with Crippen molar-refractivity contribution in [3.05, 3.63) is 40.3 Å². The second kappa shape index (κ2) is 5.89. The Labute approximate surface area is 141 Å². The Morgan fingerprint density at radius 1 is 1.12 bits per heavy atom. The van der Waals surface area contributed by atoms with Gasteiger partial charge in [0.25, 0.3) is 5.56 Å². The SMILES string of the molecule is CN(c1ccc(=O)n(C)n1)C1CN(c2ccc(C(C)(C)C)nn2)C1. The monoisotopic (exact) mass is 328 g/mol. The topological polar surface area (TPSA) is 67.2 Å². The largest absolute Gasteiger partial charge is 0.352 e. The van der Waals surface area contributed by atoms with Gasteiger partial charge in [-0.15, -0.1) is 5.10 Å². The molecule has 0 N–H and O–H groups in total. The molecule has 1 fully saturated rings. The number of aromatic nitrogens is 4. The average Bonchev–Trinajstić information content (AvgIpc) is 2.48. The molecule has 0 aliphatic carbocycles. The summed E-state index contributed by atoms with van der Waals surface area (Å²) in [7, 11) is 3.67. The fraction of sp³-hybridized carbons (Fsp3) is 0.529. The number of anilines is 2. The first kappa shape index (κ1) is 16.4. The van der Waals surface area contributed by atoms with Crippen molar-refractivity contribution in [2.45, 2.75) is 32.2 Å². The quantitative estimate of drug-likeness (QED) is 0.843. The lowest BCUT2D eigenvalue weighted by atomic mass is 9.92. The van der Waals surface area contributed by atoms with E-state index in [0.29, 0.717) is 6.04 Å². The van der Waals surface area contributed by atoms with Crippen molar-refractivity contribution in [2.24, 2.45) is 7.05 Å². The zero-order valence-electron chi connectivity index (χ0n) is 14.9. The molecule has 0 bridgehead atoms. The molecule has 1 aliphatic rings. The van der Waals surface area contributed by atoms with Crippen LogP contribution in [0.4, 0.5) is 11.6 Å².